The lowest BCUT2D eigenvalue weighted by Crippen LogP contribution is -2.49. The summed E-state index contributed by atoms with van der Waals surface area (Å²) in [5.41, 5.74) is 9.37. The molecule has 0 bridgehead atoms. The number of fused-ring (bicyclic) bond motifs is 1. The van der Waals surface area contributed by atoms with Gasteiger partial charge in [-0.15, -0.1) is 0 Å². The van der Waals surface area contributed by atoms with E-state index in [4.69, 9.17) is 0 Å². The van der Waals surface area contributed by atoms with Gasteiger partial charge in [0.2, 0.25) is 17.3 Å². The first-order chi connectivity index (χ1) is 24.7. The number of amides is 4. The van der Waals surface area contributed by atoms with Crippen molar-refractivity contribution in [3.8, 4) is 0 Å². The number of hydrazine groups is 1. The highest BCUT2D eigenvalue weighted by Gasteiger charge is 2.22. The number of nitrogens with zero attached hydrogens (tertiary/aromatic N) is 2. The van der Waals surface area contributed by atoms with Crippen molar-refractivity contribution in [2.45, 2.75) is 39.2 Å². The monoisotopic (exact) mass is 732 g/mol. The van der Waals surface area contributed by atoms with E-state index in [-0.39, 0.29) is 43.0 Å². The van der Waals surface area contributed by atoms with Gasteiger partial charge in [-0.2, -0.15) is 4.57 Å². The largest absolute Gasteiger partial charge is 0.748 e. The maximum Gasteiger partial charge on any atom is 0.279 e. The average Bonchev–Trinajstić information content (AvgIpc) is 3.07. The average molecular weight is 733 g/mol. The molecule has 0 aliphatic carbocycles. The lowest BCUT2D eigenvalue weighted by molar-refractivity contribution is -0.880. The van der Waals surface area contributed by atoms with Gasteiger partial charge >= 0.3 is 0 Å². The van der Waals surface area contributed by atoms with Crippen LogP contribution in [0.15, 0.2) is 85.1 Å². The van der Waals surface area contributed by atoms with Gasteiger partial charge in [0.15, 0.2) is 12.7 Å². The topological polar surface area (TPSA) is 190 Å². The van der Waals surface area contributed by atoms with Crippen molar-refractivity contribution in [2.75, 3.05) is 55.5 Å². The van der Waals surface area contributed by atoms with Crippen LogP contribution in [0.5, 0.6) is 0 Å². The van der Waals surface area contributed by atoms with Gasteiger partial charge in [0.05, 0.1) is 43.0 Å². The van der Waals surface area contributed by atoms with Crippen LogP contribution in [0, 0.1) is 0 Å². The standard InChI is InChI=1S/C37H45N7O7S/c1-27(45)41-42-33-15-6-4-11-28(33)17-18-35(46)39-31-13-10-14-32(24-31)40-36(47)26-44(2,3)21-19-38-37(48)30-23-29-12-5-7-16-34(29)43(25-30)20-8-9-22-52(49,50)51/h4-7,10-16,23-25,42H,8-9,17-22,26H2,1-3H3,(H3-2,38,39,40,41,45,46,47,48,49,50,51)/p+1. The van der Waals surface area contributed by atoms with E-state index in [0.717, 1.165) is 16.5 Å². The first-order valence-corrected chi connectivity index (χ1v) is 18.5. The predicted molar refractivity (Wildman–Crippen MR) is 198 cm³/mol. The molecule has 0 radical (unpaired) electrons. The smallest absolute Gasteiger partial charge is 0.279 e. The Labute approximate surface area is 303 Å². The van der Waals surface area contributed by atoms with Crippen LogP contribution in [0.1, 0.15) is 42.1 Å². The number of rotatable bonds is 18. The Kier molecular flexibility index (Phi) is 13.8. The van der Waals surface area contributed by atoms with Gasteiger partial charge in [-0.25, -0.2) is 8.42 Å². The lowest BCUT2D eigenvalue weighted by Gasteiger charge is -2.29. The van der Waals surface area contributed by atoms with Crippen molar-refractivity contribution < 1.29 is 41.2 Å². The highest BCUT2D eigenvalue weighted by molar-refractivity contribution is 7.85. The molecule has 4 rings (SSSR count). The number of pyridine rings is 1. The van der Waals surface area contributed by atoms with Gasteiger partial charge in [-0.3, -0.25) is 30.0 Å². The van der Waals surface area contributed by atoms with Gasteiger partial charge in [0.25, 0.3) is 11.8 Å². The van der Waals surface area contributed by atoms with E-state index < -0.39 is 15.9 Å². The maximum atomic E-state index is 13.2. The molecule has 4 aromatic rings. The SMILES string of the molecule is CC(=O)NNc1ccccc1CCC(=O)Nc1cccc(NC(=O)C[N+](C)(C)CCNC(=O)c2cc3ccccc3[n+](CCCCS(=O)(=O)[O-])c2)c1. The number of carbonyl (C=O) groups excluding carboxylic acids is 4. The van der Waals surface area contributed by atoms with Crippen LogP contribution in [-0.4, -0.2) is 80.6 Å². The number of aromatic nitrogens is 1. The summed E-state index contributed by atoms with van der Waals surface area (Å²) in [5, 5.41) is 9.54. The molecule has 0 unspecified atom stereocenters. The van der Waals surface area contributed by atoms with E-state index in [1.165, 1.54) is 6.92 Å². The molecule has 14 nitrogen and oxygen atoms in total. The van der Waals surface area contributed by atoms with Crippen molar-refractivity contribution in [2.24, 2.45) is 0 Å². The highest BCUT2D eigenvalue weighted by atomic mass is 32.2. The number of likely N-dealkylation sites (N-methyl/N-ethyl adjacent to an activating group) is 1. The third-order valence-corrected chi connectivity index (χ3v) is 8.96. The van der Waals surface area contributed by atoms with E-state index in [2.05, 4.69) is 26.8 Å². The number of quaternary nitrogens is 1. The third-order valence-electron chi connectivity index (χ3n) is 8.17. The number of hydrogen-bond donors (Lipinski definition) is 5. The number of carbonyl (C=O) groups is 4. The van der Waals surface area contributed by atoms with Gasteiger partial charge in [0, 0.05) is 48.3 Å². The zero-order valence-corrected chi connectivity index (χ0v) is 30.4. The fraction of sp³-hybridized carbons (Fsp3) is 0.324. The number of nitrogens with one attached hydrogen (secondary N) is 5. The number of anilines is 3. The van der Waals surface area contributed by atoms with Crippen LogP contribution in [0.25, 0.3) is 10.9 Å². The van der Waals surface area contributed by atoms with E-state index in [1.807, 2.05) is 67.2 Å². The van der Waals surface area contributed by atoms with Crippen molar-refractivity contribution in [1.29, 1.82) is 0 Å². The molecular weight excluding hydrogens is 687 g/mol. The van der Waals surface area contributed by atoms with Crippen LogP contribution < -0.4 is 31.4 Å². The highest BCUT2D eigenvalue weighted by Crippen LogP contribution is 2.19. The molecule has 5 N–H and O–H groups in total. The second-order valence-corrected chi connectivity index (χ2v) is 14.7. The van der Waals surface area contributed by atoms with Crippen LogP contribution in [0.2, 0.25) is 0 Å². The molecule has 276 valence electrons. The molecule has 15 heteroatoms. The van der Waals surface area contributed by atoms with Gasteiger partial charge in [-0.05, 0) is 54.8 Å². The number of unbranched alkanes of at least 4 members (excludes halogenated alkanes) is 1. The molecule has 0 saturated carbocycles. The Balaban J connectivity index is 1.25. The molecular formula is C37H46N7O7S+. The molecule has 52 heavy (non-hydrogen) atoms. The zero-order chi connectivity index (χ0) is 37.7. The Hall–Kier alpha value is -5.38. The summed E-state index contributed by atoms with van der Waals surface area (Å²) in [5.74, 6) is -1.38. The molecule has 1 heterocycles. The predicted octanol–water partition coefficient (Wildman–Crippen LogP) is 2.93. The van der Waals surface area contributed by atoms with E-state index in [1.54, 1.807) is 36.5 Å². The molecule has 4 amide bonds. The molecule has 1 aromatic heterocycles. The summed E-state index contributed by atoms with van der Waals surface area (Å²) in [6.07, 6.45) is 3.06. The second kappa shape index (κ2) is 18.2. The minimum Gasteiger partial charge on any atom is -0.748 e. The molecule has 3 aromatic carbocycles. The normalized spacial score (nSPS) is 11.5. The molecule has 0 aliphatic rings. The Bertz CT molecular complexity index is 2020. The Morgan fingerprint density at radius 3 is 2.27 bits per heavy atom. The first kappa shape index (κ1) is 39.4. The summed E-state index contributed by atoms with van der Waals surface area (Å²) < 4.78 is 35.1. The van der Waals surface area contributed by atoms with Crippen molar-refractivity contribution in [3.63, 3.8) is 0 Å². The van der Waals surface area contributed by atoms with Gasteiger partial charge < -0.3 is 25.0 Å². The van der Waals surface area contributed by atoms with Crippen molar-refractivity contribution in [3.05, 3.63) is 96.2 Å². The maximum absolute atomic E-state index is 13.2. The Morgan fingerprint density at radius 1 is 0.846 bits per heavy atom. The fourth-order valence-electron chi connectivity index (χ4n) is 5.59. The van der Waals surface area contributed by atoms with Crippen molar-refractivity contribution >= 4 is 61.7 Å². The molecule has 0 fully saturated rings. The number of para-hydroxylation sites is 2. The number of aryl methyl sites for hydroxylation is 2. The molecule has 0 aliphatic heterocycles. The van der Waals surface area contributed by atoms with Gasteiger partial charge in [0.1, 0.15) is 12.1 Å². The summed E-state index contributed by atoms with van der Waals surface area (Å²) in [6, 6.07) is 23.6. The third kappa shape index (κ3) is 13.1. The number of hydrogen-bond acceptors (Lipinski definition) is 8. The minimum absolute atomic E-state index is 0.132. The molecule has 0 atom stereocenters. The summed E-state index contributed by atoms with van der Waals surface area (Å²) in [4.78, 5) is 50.2. The van der Waals surface area contributed by atoms with Crippen molar-refractivity contribution in [1.82, 2.24) is 10.7 Å². The Morgan fingerprint density at radius 2 is 1.54 bits per heavy atom. The fourth-order valence-corrected chi connectivity index (χ4v) is 6.15. The molecule has 0 spiro atoms. The first-order valence-electron chi connectivity index (χ1n) is 16.9. The quantitative estimate of drug-likeness (QED) is 0.0339. The van der Waals surface area contributed by atoms with Gasteiger partial charge in [-0.1, -0.05) is 36.4 Å². The van der Waals surface area contributed by atoms with E-state index in [0.29, 0.717) is 59.6 Å². The lowest BCUT2D eigenvalue weighted by atomic mass is 10.1. The summed E-state index contributed by atoms with van der Waals surface area (Å²) in [6.45, 7) is 2.75. The second-order valence-electron chi connectivity index (χ2n) is 13.2. The van der Waals surface area contributed by atoms with E-state index >= 15 is 0 Å². The van der Waals surface area contributed by atoms with Crippen LogP contribution >= 0.6 is 0 Å². The zero-order valence-electron chi connectivity index (χ0n) is 29.6. The minimum atomic E-state index is -4.28. The number of benzene rings is 3. The molecule has 0 saturated heterocycles. The summed E-state index contributed by atoms with van der Waals surface area (Å²) >= 11 is 0. The van der Waals surface area contributed by atoms with Crippen LogP contribution in [0.4, 0.5) is 17.1 Å². The van der Waals surface area contributed by atoms with Crippen LogP contribution in [-0.2, 0) is 37.5 Å². The van der Waals surface area contributed by atoms with Crippen LogP contribution in [0.3, 0.4) is 0 Å². The van der Waals surface area contributed by atoms with E-state index in [9.17, 15) is 32.1 Å². The summed E-state index contributed by atoms with van der Waals surface area (Å²) in [7, 11) is -0.507.